The Morgan fingerprint density at radius 1 is 1.22 bits per heavy atom. The maximum atomic E-state index is 4.84. The summed E-state index contributed by atoms with van der Waals surface area (Å²) in [6, 6.07) is 9.01. The van der Waals surface area contributed by atoms with Crippen LogP contribution < -0.4 is 5.32 Å². The number of benzene rings is 1. The Morgan fingerprint density at radius 2 is 2.04 bits per heavy atom. The van der Waals surface area contributed by atoms with Crippen molar-refractivity contribution >= 4 is 17.0 Å². The lowest BCUT2D eigenvalue weighted by atomic mass is 9.95. The number of rotatable bonds is 4. The van der Waals surface area contributed by atoms with E-state index in [1.165, 1.54) is 43.2 Å². The van der Waals surface area contributed by atoms with Crippen LogP contribution in [-0.2, 0) is 6.54 Å². The van der Waals surface area contributed by atoms with E-state index in [9.17, 15) is 0 Å². The number of anilines is 1. The first-order valence-electron chi connectivity index (χ1n) is 8.52. The van der Waals surface area contributed by atoms with Crippen molar-refractivity contribution in [1.29, 1.82) is 0 Å². The van der Waals surface area contributed by atoms with Crippen molar-refractivity contribution in [1.82, 2.24) is 19.7 Å². The molecule has 2 heterocycles. The van der Waals surface area contributed by atoms with E-state index in [0.29, 0.717) is 6.04 Å². The molecule has 0 saturated heterocycles. The van der Waals surface area contributed by atoms with Gasteiger partial charge in [-0.05, 0) is 31.9 Å². The molecule has 0 aliphatic heterocycles. The first kappa shape index (κ1) is 14.3. The van der Waals surface area contributed by atoms with Crippen LogP contribution in [0.15, 0.2) is 30.5 Å². The molecule has 1 aromatic carbocycles. The minimum Gasteiger partial charge on any atom is -0.351 e. The quantitative estimate of drug-likeness (QED) is 0.760. The van der Waals surface area contributed by atoms with E-state index in [-0.39, 0.29) is 0 Å². The number of nitrogens with one attached hydrogen (secondary N) is 2. The number of aromatic nitrogens is 4. The Hall–Kier alpha value is -2.30. The molecule has 0 unspecified atom stereocenters. The monoisotopic (exact) mass is 309 g/mol. The molecule has 120 valence electrons. The highest BCUT2D eigenvalue weighted by Crippen LogP contribution is 2.34. The van der Waals surface area contributed by atoms with Crippen molar-refractivity contribution < 1.29 is 0 Å². The molecule has 0 bridgehead atoms. The second-order valence-electron chi connectivity index (χ2n) is 6.46. The van der Waals surface area contributed by atoms with Crippen molar-refractivity contribution in [2.45, 2.75) is 51.6 Å². The van der Waals surface area contributed by atoms with Crippen LogP contribution in [0.4, 0.5) is 5.95 Å². The van der Waals surface area contributed by atoms with Gasteiger partial charge < -0.3 is 9.88 Å². The number of H-pyrrole nitrogens is 1. The van der Waals surface area contributed by atoms with Crippen LogP contribution in [0, 0.1) is 6.92 Å². The van der Waals surface area contributed by atoms with Gasteiger partial charge in [0.2, 0.25) is 5.95 Å². The summed E-state index contributed by atoms with van der Waals surface area (Å²) in [7, 11) is 0. The van der Waals surface area contributed by atoms with E-state index in [0.717, 1.165) is 23.7 Å². The zero-order valence-corrected chi connectivity index (χ0v) is 13.5. The van der Waals surface area contributed by atoms with Crippen molar-refractivity contribution in [3.05, 3.63) is 41.7 Å². The Labute approximate surface area is 136 Å². The molecule has 5 heteroatoms. The predicted octanol–water partition coefficient (Wildman–Crippen LogP) is 4.19. The Balaban J connectivity index is 1.68. The molecule has 4 rings (SSSR count). The fourth-order valence-corrected chi connectivity index (χ4v) is 3.61. The Bertz CT molecular complexity index is 795. The normalized spacial score (nSPS) is 16.0. The van der Waals surface area contributed by atoms with Gasteiger partial charge in [-0.2, -0.15) is 5.10 Å². The smallest absolute Gasteiger partial charge is 0.204 e. The third-order valence-electron chi connectivity index (χ3n) is 4.91. The Morgan fingerprint density at radius 3 is 2.83 bits per heavy atom. The van der Waals surface area contributed by atoms with Crippen molar-refractivity contribution in [2.24, 2.45) is 0 Å². The molecule has 23 heavy (non-hydrogen) atoms. The van der Waals surface area contributed by atoms with E-state index >= 15 is 0 Å². The van der Waals surface area contributed by atoms with Crippen LogP contribution in [0.25, 0.3) is 11.0 Å². The third-order valence-corrected chi connectivity index (χ3v) is 4.91. The highest BCUT2D eigenvalue weighted by Gasteiger charge is 2.21. The summed E-state index contributed by atoms with van der Waals surface area (Å²) in [5.74, 6) is 0.985. The zero-order valence-electron chi connectivity index (χ0n) is 13.5. The van der Waals surface area contributed by atoms with Crippen LogP contribution >= 0.6 is 0 Å². The molecule has 0 spiro atoms. The maximum Gasteiger partial charge on any atom is 0.204 e. The molecular formula is C18H23N5. The lowest BCUT2D eigenvalue weighted by Gasteiger charge is -2.25. The van der Waals surface area contributed by atoms with Gasteiger partial charge in [0.05, 0.1) is 17.2 Å². The predicted molar refractivity (Wildman–Crippen MR) is 92.5 cm³/mol. The summed E-state index contributed by atoms with van der Waals surface area (Å²) in [5, 5.41) is 10.6. The van der Waals surface area contributed by atoms with Crippen molar-refractivity contribution in [3.63, 3.8) is 0 Å². The lowest BCUT2D eigenvalue weighted by Crippen LogP contribution is -2.16. The molecule has 1 saturated carbocycles. The molecule has 0 radical (unpaired) electrons. The number of hydrogen-bond donors (Lipinski definition) is 2. The Kier molecular flexibility index (Phi) is 3.77. The summed E-state index contributed by atoms with van der Waals surface area (Å²) < 4.78 is 2.42. The third kappa shape index (κ3) is 2.71. The van der Waals surface area contributed by atoms with Gasteiger partial charge in [0.25, 0.3) is 0 Å². The first-order chi connectivity index (χ1) is 11.3. The second-order valence-corrected chi connectivity index (χ2v) is 6.46. The van der Waals surface area contributed by atoms with E-state index in [4.69, 9.17) is 4.98 Å². The molecule has 5 nitrogen and oxygen atoms in total. The van der Waals surface area contributed by atoms with Gasteiger partial charge in [0.1, 0.15) is 0 Å². The van der Waals surface area contributed by atoms with E-state index < -0.39 is 0 Å². The minimum atomic E-state index is 0.559. The van der Waals surface area contributed by atoms with Crippen LogP contribution in [0.3, 0.4) is 0 Å². The number of hydrogen-bond acceptors (Lipinski definition) is 3. The van der Waals surface area contributed by atoms with Crippen LogP contribution in [0.1, 0.15) is 49.4 Å². The molecule has 1 aliphatic carbocycles. The second kappa shape index (κ2) is 6.07. The number of aromatic amines is 1. The maximum absolute atomic E-state index is 4.84. The van der Waals surface area contributed by atoms with Crippen molar-refractivity contribution in [2.75, 3.05) is 5.32 Å². The number of imidazole rings is 1. The molecular weight excluding hydrogens is 286 g/mol. The highest BCUT2D eigenvalue weighted by atomic mass is 15.2. The summed E-state index contributed by atoms with van der Waals surface area (Å²) in [5.41, 5.74) is 4.61. The van der Waals surface area contributed by atoms with Gasteiger partial charge in [-0.1, -0.05) is 31.4 Å². The summed E-state index contributed by atoms with van der Waals surface area (Å²) in [6.45, 7) is 2.80. The molecule has 2 aromatic heterocycles. The fourth-order valence-electron chi connectivity index (χ4n) is 3.61. The van der Waals surface area contributed by atoms with Gasteiger partial charge in [-0.25, -0.2) is 4.98 Å². The molecule has 0 atom stereocenters. The molecule has 3 aromatic rings. The zero-order chi connectivity index (χ0) is 15.6. The standard InChI is InChI=1S/C18H23N5/c1-13-14(12-20-22-13)11-19-18-21-16-9-5-6-10-17(16)23(18)15-7-3-2-4-8-15/h5-6,9-10,12,15H,2-4,7-8,11H2,1H3,(H,19,21)(H,20,22). The largest absolute Gasteiger partial charge is 0.351 e. The van der Waals surface area contributed by atoms with Gasteiger partial charge in [-0.3, -0.25) is 5.10 Å². The topological polar surface area (TPSA) is 58.5 Å². The number of nitrogens with zero attached hydrogens (tertiary/aromatic N) is 3. The lowest BCUT2D eigenvalue weighted by molar-refractivity contribution is 0.362. The number of fused-ring (bicyclic) bond motifs is 1. The van der Waals surface area contributed by atoms with Gasteiger partial charge >= 0.3 is 0 Å². The first-order valence-corrected chi connectivity index (χ1v) is 8.52. The average molecular weight is 309 g/mol. The summed E-state index contributed by atoms with van der Waals surface area (Å²) >= 11 is 0. The van der Waals surface area contributed by atoms with Crippen LogP contribution in [0.2, 0.25) is 0 Å². The van der Waals surface area contributed by atoms with Gasteiger partial charge in [0, 0.05) is 23.8 Å². The van der Waals surface area contributed by atoms with Crippen LogP contribution in [0.5, 0.6) is 0 Å². The SMILES string of the molecule is Cc1[nH]ncc1CNc1nc2ccccc2n1C1CCCCC1. The van der Waals surface area contributed by atoms with E-state index in [2.05, 4.69) is 44.3 Å². The van der Waals surface area contributed by atoms with E-state index in [1.807, 2.05) is 13.1 Å². The molecule has 0 amide bonds. The molecule has 2 N–H and O–H groups in total. The fraction of sp³-hybridized carbons (Fsp3) is 0.444. The van der Waals surface area contributed by atoms with Gasteiger partial charge in [-0.15, -0.1) is 0 Å². The van der Waals surface area contributed by atoms with Crippen molar-refractivity contribution in [3.8, 4) is 0 Å². The average Bonchev–Trinajstić information content (AvgIpc) is 3.16. The van der Waals surface area contributed by atoms with E-state index in [1.54, 1.807) is 0 Å². The minimum absolute atomic E-state index is 0.559. The molecule has 1 fully saturated rings. The van der Waals surface area contributed by atoms with Gasteiger partial charge in [0.15, 0.2) is 0 Å². The number of aryl methyl sites for hydroxylation is 1. The molecule has 1 aliphatic rings. The highest BCUT2D eigenvalue weighted by molar-refractivity contribution is 5.78. The summed E-state index contributed by atoms with van der Waals surface area (Å²) in [4.78, 5) is 4.84. The van der Waals surface area contributed by atoms with Crippen LogP contribution in [-0.4, -0.2) is 19.7 Å². The number of para-hydroxylation sites is 2. The summed E-state index contributed by atoms with van der Waals surface area (Å²) in [6.07, 6.45) is 8.38.